The van der Waals surface area contributed by atoms with Crippen molar-refractivity contribution in [3.8, 4) is 22.9 Å². The Bertz CT molecular complexity index is 1080. The highest BCUT2D eigenvalue weighted by atomic mass is 16.5. The van der Waals surface area contributed by atoms with Gasteiger partial charge in [-0.3, -0.25) is 4.79 Å². The zero-order chi connectivity index (χ0) is 23.0. The minimum Gasteiger partial charge on any atom is -0.490 e. The molecule has 33 heavy (non-hydrogen) atoms. The molecule has 1 aromatic heterocycles. The number of nitrogens with one attached hydrogen (secondary N) is 1. The lowest BCUT2D eigenvalue weighted by Crippen LogP contribution is -2.36. The average molecular weight is 453 g/mol. The number of hydrogen-bond donors (Lipinski definition) is 1. The predicted octanol–water partition coefficient (Wildman–Crippen LogP) is 2.61. The van der Waals surface area contributed by atoms with Crippen LogP contribution in [0.2, 0.25) is 0 Å². The highest BCUT2D eigenvalue weighted by molar-refractivity contribution is 5.94. The van der Waals surface area contributed by atoms with Gasteiger partial charge in [-0.1, -0.05) is 12.1 Å². The molecule has 4 rings (SSSR count). The van der Waals surface area contributed by atoms with E-state index in [1.165, 1.54) is 4.80 Å². The molecule has 10 nitrogen and oxygen atoms in total. The van der Waals surface area contributed by atoms with Crippen LogP contribution in [0.5, 0.6) is 11.5 Å². The van der Waals surface area contributed by atoms with Crippen LogP contribution in [-0.4, -0.2) is 65.6 Å². The van der Waals surface area contributed by atoms with Crippen molar-refractivity contribution in [2.24, 2.45) is 0 Å². The standard InChI is InChI=1S/C23H28N6O4/c1-3-32-20-10-9-17(15-21(20)33-4-2)23-25-27-29(26-23)16-22(30)24-18-7-5-6-8-19(18)28-11-13-31-14-12-28/h5-10,15H,3-4,11-14,16H2,1-2H3,(H,24,30). The molecule has 1 aliphatic heterocycles. The number of hydrogen-bond acceptors (Lipinski definition) is 8. The van der Waals surface area contributed by atoms with Gasteiger partial charge in [0.1, 0.15) is 6.54 Å². The number of aromatic nitrogens is 4. The topological polar surface area (TPSA) is 104 Å². The Morgan fingerprint density at radius 1 is 1.06 bits per heavy atom. The number of tetrazole rings is 1. The summed E-state index contributed by atoms with van der Waals surface area (Å²) in [7, 11) is 0. The molecule has 0 bridgehead atoms. The molecular formula is C23H28N6O4. The number of carbonyl (C=O) groups is 1. The molecular weight excluding hydrogens is 424 g/mol. The lowest BCUT2D eigenvalue weighted by atomic mass is 10.2. The summed E-state index contributed by atoms with van der Waals surface area (Å²) in [5, 5.41) is 15.5. The molecule has 2 aromatic carbocycles. The number of rotatable bonds is 9. The third kappa shape index (κ3) is 5.58. The molecule has 0 spiro atoms. The van der Waals surface area contributed by atoms with E-state index >= 15 is 0 Å². The van der Waals surface area contributed by atoms with Gasteiger partial charge < -0.3 is 24.4 Å². The van der Waals surface area contributed by atoms with Gasteiger partial charge in [0.2, 0.25) is 11.7 Å². The van der Waals surface area contributed by atoms with E-state index in [2.05, 4.69) is 25.6 Å². The van der Waals surface area contributed by atoms with E-state index in [0.717, 1.165) is 30.0 Å². The fourth-order valence-corrected chi connectivity index (χ4v) is 3.59. The highest BCUT2D eigenvalue weighted by Gasteiger charge is 2.17. The van der Waals surface area contributed by atoms with Gasteiger partial charge in [-0.15, -0.1) is 10.2 Å². The van der Waals surface area contributed by atoms with Crippen LogP contribution in [0, 0.1) is 0 Å². The van der Waals surface area contributed by atoms with E-state index in [9.17, 15) is 4.79 Å². The summed E-state index contributed by atoms with van der Waals surface area (Å²) in [4.78, 5) is 16.2. The Balaban J connectivity index is 1.44. The Kier molecular flexibility index (Phi) is 7.36. The second kappa shape index (κ2) is 10.8. The van der Waals surface area contributed by atoms with Crippen molar-refractivity contribution in [1.82, 2.24) is 20.2 Å². The molecule has 174 valence electrons. The Hall–Kier alpha value is -3.66. The average Bonchev–Trinajstić information content (AvgIpc) is 3.30. The largest absolute Gasteiger partial charge is 0.490 e. The number of nitrogens with zero attached hydrogens (tertiary/aromatic N) is 5. The van der Waals surface area contributed by atoms with Gasteiger partial charge in [0.05, 0.1) is 37.8 Å². The van der Waals surface area contributed by atoms with Crippen molar-refractivity contribution >= 4 is 17.3 Å². The van der Waals surface area contributed by atoms with Crippen LogP contribution >= 0.6 is 0 Å². The summed E-state index contributed by atoms with van der Waals surface area (Å²) in [6.45, 7) is 7.73. The van der Waals surface area contributed by atoms with E-state index in [1.54, 1.807) is 0 Å². The van der Waals surface area contributed by atoms with Gasteiger partial charge in [0.15, 0.2) is 11.5 Å². The summed E-state index contributed by atoms with van der Waals surface area (Å²) in [5.41, 5.74) is 2.45. The van der Waals surface area contributed by atoms with Gasteiger partial charge in [0, 0.05) is 18.7 Å². The number of carbonyl (C=O) groups excluding carboxylic acids is 1. The zero-order valence-corrected chi connectivity index (χ0v) is 18.9. The zero-order valence-electron chi connectivity index (χ0n) is 18.9. The number of para-hydroxylation sites is 2. The van der Waals surface area contributed by atoms with E-state index in [1.807, 2.05) is 56.3 Å². The molecule has 1 amide bonds. The van der Waals surface area contributed by atoms with E-state index in [4.69, 9.17) is 14.2 Å². The minimum atomic E-state index is -0.235. The van der Waals surface area contributed by atoms with Crippen molar-refractivity contribution in [2.75, 3.05) is 49.7 Å². The fraction of sp³-hybridized carbons (Fsp3) is 0.391. The van der Waals surface area contributed by atoms with Gasteiger partial charge in [-0.25, -0.2) is 0 Å². The lowest BCUT2D eigenvalue weighted by molar-refractivity contribution is -0.117. The first-order valence-corrected chi connectivity index (χ1v) is 11.1. The first-order chi connectivity index (χ1) is 16.2. The van der Waals surface area contributed by atoms with Crippen LogP contribution < -0.4 is 19.7 Å². The molecule has 1 N–H and O–H groups in total. The summed E-state index contributed by atoms with van der Waals surface area (Å²) in [6, 6.07) is 13.2. The Labute approximate surface area is 192 Å². The maximum atomic E-state index is 12.7. The quantitative estimate of drug-likeness (QED) is 0.528. The third-order valence-corrected chi connectivity index (χ3v) is 5.07. The number of benzene rings is 2. The molecule has 10 heteroatoms. The summed E-state index contributed by atoms with van der Waals surface area (Å²) in [6.07, 6.45) is 0. The van der Waals surface area contributed by atoms with Crippen LogP contribution in [0.4, 0.5) is 11.4 Å². The molecule has 1 fully saturated rings. The molecule has 3 aromatic rings. The van der Waals surface area contributed by atoms with Gasteiger partial charge in [0.25, 0.3) is 0 Å². The van der Waals surface area contributed by atoms with Crippen LogP contribution in [0.1, 0.15) is 13.8 Å². The molecule has 0 unspecified atom stereocenters. The number of amides is 1. The fourth-order valence-electron chi connectivity index (χ4n) is 3.59. The van der Waals surface area contributed by atoms with Gasteiger partial charge in [-0.05, 0) is 49.4 Å². The number of ether oxygens (including phenoxy) is 3. The van der Waals surface area contributed by atoms with Crippen molar-refractivity contribution in [3.63, 3.8) is 0 Å². The summed E-state index contributed by atoms with van der Waals surface area (Å²) in [5.74, 6) is 1.45. The van der Waals surface area contributed by atoms with E-state index < -0.39 is 0 Å². The summed E-state index contributed by atoms with van der Waals surface area (Å²) >= 11 is 0. The minimum absolute atomic E-state index is 0.0558. The SMILES string of the molecule is CCOc1ccc(-c2nnn(CC(=O)Nc3ccccc3N3CCOCC3)n2)cc1OCC. The highest BCUT2D eigenvalue weighted by Crippen LogP contribution is 2.31. The van der Waals surface area contributed by atoms with Gasteiger partial charge in [-0.2, -0.15) is 4.80 Å². The van der Waals surface area contributed by atoms with Crippen molar-refractivity contribution in [1.29, 1.82) is 0 Å². The molecule has 1 aliphatic rings. The molecule has 0 saturated carbocycles. The van der Waals surface area contributed by atoms with Crippen molar-refractivity contribution < 1.29 is 19.0 Å². The third-order valence-electron chi connectivity index (χ3n) is 5.07. The van der Waals surface area contributed by atoms with Crippen LogP contribution in [-0.2, 0) is 16.1 Å². The van der Waals surface area contributed by atoms with Crippen molar-refractivity contribution in [2.45, 2.75) is 20.4 Å². The molecule has 1 saturated heterocycles. The second-order valence-electron chi connectivity index (χ2n) is 7.34. The molecule has 2 heterocycles. The normalized spacial score (nSPS) is 13.6. The van der Waals surface area contributed by atoms with Crippen LogP contribution in [0.15, 0.2) is 42.5 Å². The molecule has 0 aliphatic carbocycles. The van der Waals surface area contributed by atoms with Crippen molar-refractivity contribution in [3.05, 3.63) is 42.5 Å². The van der Waals surface area contributed by atoms with Crippen LogP contribution in [0.25, 0.3) is 11.4 Å². The smallest absolute Gasteiger partial charge is 0.248 e. The van der Waals surface area contributed by atoms with E-state index in [-0.39, 0.29) is 12.5 Å². The Morgan fingerprint density at radius 3 is 2.61 bits per heavy atom. The number of morpholine rings is 1. The number of anilines is 2. The predicted molar refractivity (Wildman–Crippen MR) is 124 cm³/mol. The maximum Gasteiger partial charge on any atom is 0.248 e. The second-order valence-corrected chi connectivity index (χ2v) is 7.34. The Morgan fingerprint density at radius 2 is 1.82 bits per heavy atom. The van der Waals surface area contributed by atoms with E-state index in [0.29, 0.717) is 43.8 Å². The first-order valence-electron chi connectivity index (χ1n) is 11.1. The first kappa shape index (κ1) is 22.5. The monoisotopic (exact) mass is 452 g/mol. The lowest BCUT2D eigenvalue weighted by Gasteiger charge is -2.30. The molecule has 0 atom stereocenters. The molecule has 0 radical (unpaired) electrons. The van der Waals surface area contributed by atoms with Crippen LogP contribution in [0.3, 0.4) is 0 Å². The maximum absolute atomic E-state index is 12.7. The summed E-state index contributed by atoms with van der Waals surface area (Å²) < 4.78 is 16.7. The van der Waals surface area contributed by atoms with Gasteiger partial charge >= 0.3 is 0 Å².